The van der Waals surface area contributed by atoms with Crippen molar-refractivity contribution in [1.29, 1.82) is 0 Å². The van der Waals surface area contributed by atoms with Crippen molar-refractivity contribution in [3.63, 3.8) is 0 Å². The molecule has 1 saturated heterocycles. The zero-order valence-corrected chi connectivity index (χ0v) is 23.7. The number of methoxy groups -OCH3 is 1. The Kier molecular flexibility index (Phi) is 7.08. The van der Waals surface area contributed by atoms with E-state index in [2.05, 4.69) is 14.7 Å². The summed E-state index contributed by atoms with van der Waals surface area (Å²) >= 11 is 0. The molecule has 1 aliphatic rings. The molecule has 38 heavy (non-hydrogen) atoms. The molecule has 0 radical (unpaired) electrons. The summed E-state index contributed by atoms with van der Waals surface area (Å²) < 4.78 is 41.6. The minimum Gasteiger partial charge on any atom is -0.480 e. The van der Waals surface area contributed by atoms with Crippen molar-refractivity contribution < 1.29 is 22.7 Å². The first-order valence-electron chi connectivity index (χ1n) is 12.4. The number of nitrogens with zero attached hydrogens (tertiary/aromatic N) is 4. The van der Waals surface area contributed by atoms with E-state index in [1.54, 1.807) is 37.9 Å². The number of nitrogens with one attached hydrogen (secondary N) is 1. The van der Waals surface area contributed by atoms with Crippen LogP contribution >= 0.6 is 0 Å². The summed E-state index contributed by atoms with van der Waals surface area (Å²) in [6.07, 6.45) is 1.91. The Labute approximate surface area is 223 Å². The van der Waals surface area contributed by atoms with E-state index in [-0.39, 0.29) is 22.9 Å². The number of likely N-dealkylation sites (tertiary alicyclic amines) is 1. The second-order valence-electron chi connectivity index (χ2n) is 11.5. The van der Waals surface area contributed by atoms with Gasteiger partial charge in [-0.25, -0.2) is 27.9 Å². The molecule has 0 spiro atoms. The number of anilines is 1. The van der Waals surface area contributed by atoms with Gasteiger partial charge in [0.1, 0.15) is 10.5 Å². The van der Waals surface area contributed by atoms with Crippen molar-refractivity contribution in [3.05, 3.63) is 30.5 Å². The number of hydrogen-bond donors (Lipinski definition) is 2. The van der Waals surface area contributed by atoms with Gasteiger partial charge in [0.25, 0.3) is 0 Å². The number of benzene rings is 1. The van der Waals surface area contributed by atoms with Crippen LogP contribution in [0.2, 0.25) is 0 Å². The summed E-state index contributed by atoms with van der Waals surface area (Å²) in [5.74, 6) is 0.354. The van der Waals surface area contributed by atoms with E-state index in [1.165, 1.54) is 7.11 Å². The Hall–Kier alpha value is -3.38. The van der Waals surface area contributed by atoms with Crippen molar-refractivity contribution in [3.8, 4) is 17.0 Å². The van der Waals surface area contributed by atoms with Gasteiger partial charge in [0.15, 0.2) is 0 Å². The Morgan fingerprint density at radius 1 is 1.13 bits per heavy atom. The van der Waals surface area contributed by atoms with Crippen molar-refractivity contribution >= 4 is 33.1 Å². The first-order valence-corrected chi connectivity index (χ1v) is 13.9. The number of pyridine rings is 1. The van der Waals surface area contributed by atoms with Crippen LogP contribution in [-0.2, 0) is 14.8 Å². The first kappa shape index (κ1) is 27.6. The Bertz CT molecular complexity index is 1470. The minimum absolute atomic E-state index is 0.00838. The number of rotatable bonds is 5. The molecule has 0 aliphatic carbocycles. The van der Waals surface area contributed by atoms with Crippen LogP contribution in [-0.4, -0.2) is 65.3 Å². The summed E-state index contributed by atoms with van der Waals surface area (Å²) in [7, 11) is -2.52. The summed E-state index contributed by atoms with van der Waals surface area (Å²) in [5, 5.41) is 0. The van der Waals surface area contributed by atoms with E-state index < -0.39 is 21.2 Å². The molecule has 1 fully saturated rings. The lowest BCUT2D eigenvalue weighted by molar-refractivity contribution is 0.0289. The van der Waals surface area contributed by atoms with Gasteiger partial charge >= 0.3 is 6.09 Å². The molecule has 206 valence electrons. The predicted octanol–water partition coefficient (Wildman–Crippen LogP) is 3.95. The summed E-state index contributed by atoms with van der Waals surface area (Å²) in [5.41, 5.74) is 7.88. The van der Waals surface area contributed by atoms with Gasteiger partial charge in [-0.2, -0.15) is 0 Å². The maximum atomic E-state index is 13.1. The number of hydrogen-bond acceptors (Lipinski definition) is 8. The van der Waals surface area contributed by atoms with Gasteiger partial charge in [-0.05, 0) is 71.7 Å². The van der Waals surface area contributed by atoms with E-state index in [0.717, 1.165) is 11.1 Å². The largest absolute Gasteiger partial charge is 0.480 e. The molecule has 1 atom stereocenters. The van der Waals surface area contributed by atoms with Gasteiger partial charge in [-0.1, -0.05) is 6.07 Å². The maximum Gasteiger partial charge on any atom is 0.410 e. The van der Waals surface area contributed by atoms with E-state index in [9.17, 15) is 13.2 Å². The lowest BCUT2D eigenvalue weighted by Gasteiger charge is -2.24. The fourth-order valence-electron chi connectivity index (χ4n) is 4.51. The molecular formula is C26H36N6O5S. The van der Waals surface area contributed by atoms with Crippen LogP contribution in [0.1, 0.15) is 54.0 Å². The van der Waals surface area contributed by atoms with Crippen LogP contribution in [0.15, 0.2) is 35.4 Å². The molecule has 1 amide bonds. The van der Waals surface area contributed by atoms with E-state index >= 15 is 0 Å². The van der Waals surface area contributed by atoms with E-state index in [0.29, 0.717) is 36.5 Å². The van der Waals surface area contributed by atoms with Crippen LogP contribution in [0.3, 0.4) is 0 Å². The molecule has 1 aliphatic heterocycles. The second kappa shape index (κ2) is 9.73. The molecule has 11 nitrogen and oxygen atoms in total. The summed E-state index contributed by atoms with van der Waals surface area (Å²) in [6, 6.07) is 7.06. The maximum absolute atomic E-state index is 13.1. The highest BCUT2D eigenvalue weighted by Crippen LogP contribution is 2.34. The number of ether oxygens (including phenoxy) is 2. The molecule has 1 aromatic carbocycles. The quantitative estimate of drug-likeness (QED) is 0.492. The molecule has 0 saturated carbocycles. The third-order valence-corrected chi connectivity index (χ3v) is 7.72. The molecule has 1 unspecified atom stereocenters. The third-order valence-electron chi connectivity index (χ3n) is 5.97. The van der Waals surface area contributed by atoms with Crippen molar-refractivity contribution in [2.75, 3.05) is 25.9 Å². The fraction of sp³-hybridized carbons (Fsp3) is 0.500. The van der Waals surface area contributed by atoms with Crippen LogP contribution in [0.5, 0.6) is 5.88 Å². The Morgan fingerprint density at radius 2 is 1.84 bits per heavy atom. The van der Waals surface area contributed by atoms with Crippen molar-refractivity contribution in [2.24, 2.45) is 0 Å². The zero-order chi connectivity index (χ0) is 28.0. The summed E-state index contributed by atoms with van der Waals surface area (Å²) in [4.78, 5) is 23.0. The standard InChI is InChI=1S/C26H36N6O5S/c1-25(2,3)30-38(34,35)21-13-17(14-28-22(21)36-7)16-8-9-19-20(12-16)32(23(27)29-19)18-10-11-31(15-18)24(33)37-26(4,5)6/h8-9,12-14,18,30H,10-11,15H2,1-7H3,(H2,27,29). The van der Waals surface area contributed by atoms with Crippen molar-refractivity contribution in [1.82, 2.24) is 24.2 Å². The molecule has 2 aromatic heterocycles. The van der Waals surface area contributed by atoms with Gasteiger partial charge in [0.2, 0.25) is 21.9 Å². The lowest BCUT2D eigenvalue weighted by atomic mass is 10.1. The first-order chi connectivity index (χ1) is 17.6. The number of nitrogen functional groups attached to an aromatic ring is 1. The van der Waals surface area contributed by atoms with Gasteiger partial charge in [-0.3, -0.25) is 0 Å². The van der Waals surface area contributed by atoms with Crippen molar-refractivity contribution in [2.45, 2.75) is 70.0 Å². The Morgan fingerprint density at radius 3 is 2.47 bits per heavy atom. The minimum atomic E-state index is -3.90. The van der Waals surface area contributed by atoms with Crippen LogP contribution in [0.25, 0.3) is 22.2 Å². The lowest BCUT2D eigenvalue weighted by Crippen LogP contribution is -2.40. The highest BCUT2D eigenvalue weighted by molar-refractivity contribution is 7.89. The van der Waals surface area contributed by atoms with Gasteiger partial charge in [-0.15, -0.1) is 0 Å². The molecular weight excluding hydrogens is 508 g/mol. The summed E-state index contributed by atoms with van der Waals surface area (Å²) in [6.45, 7) is 11.8. The van der Waals surface area contributed by atoms with Gasteiger partial charge in [0, 0.05) is 30.4 Å². The number of amides is 1. The topological polar surface area (TPSA) is 142 Å². The molecule has 4 rings (SSSR count). The SMILES string of the molecule is COc1ncc(-c2ccc3nc(N)n(C4CCN(C(=O)OC(C)(C)C)C4)c3c2)cc1S(=O)(=O)NC(C)(C)C. The molecule has 3 heterocycles. The zero-order valence-electron chi connectivity index (χ0n) is 22.9. The number of carbonyl (C=O) groups excluding carboxylic acids is 1. The normalized spacial score (nSPS) is 16.7. The smallest absolute Gasteiger partial charge is 0.410 e. The molecule has 12 heteroatoms. The van der Waals surface area contributed by atoms with E-state index in [4.69, 9.17) is 15.2 Å². The van der Waals surface area contributed by atoms with Crippen LogP contribution in [0.4, 0.5) is 10.7 Å². The average molecular weight is 545 g/mol. The number of imidazole rings is 1. The highest BCUT2D eigenvalue weighted by Gasteiger charge is 2.32. The fourth-order valence-corrected chi connectivity index (χ4v) is 6.08. The van der Waals surface area contributed by atoms with Gasteiger partial charge < -0.3 is 24.7 Å². The third kappa shape index (κ3) is 5.86. The number of carbonyl (C=O) groups is 1. The predicted molar refractivity (Wildman–Crippen MR) is 145 cm³/mol. The molecule has 0 bridgehead atoms. The average Bonchev–Trinajstić information content (AvgIpc) is 3.39. The second-order valence-corrected chi connectivity index (χ2v) is 13.2. The van der Waals surface area contributed by atoms with Crippen LogP contribution < -0.4 is 15.2 Å². The molecule has 3 N–H and O–H groups in total. The van der Waals surface area contributed by atoms with E-state index in [1.807, 2.05) is 43.5 Å². The number of fused-ring (bicyclic) bond motifs is 1. The van der Waals surface area contributed by atoms with Crippen LogP contribution in [0, 0.1) is 0 Å². The Balaban J connectivity index is 1.70. The number of aromatic nitrogens is 3. The molecule has 3 aromatic rings. The monoisotopic (exact) mass is 544 g/mol. The highest BCUT2D eigenvalue weighted by atomic mass is 32.2. The number of nitrogens with two attached hydrogens (primary N) is 1. The van der Waals surface area contributed by atoms with Gasteiger partial charge in [0.05, 0.1) is 24.2 Å². The number of sulfonamides is 1.